The van der Waals surface area contributed by atoms with Crippen molar-refractivity contribution in [3.63, 3.8) is 0 Å². The minimum atomic E-state index is -3.17. The van der Waals surface area contributed by atoms with Crippen LogP contribution in [0.25, 0.3) is 0 Å². The summed E-state index contributed by atoms with van der Waals surface area (Å²) in [5, 5.41) is 33.5. The molecule has 0 aromatic heterocycles. The molecular weight excluding hydrogens is 466 g/mol. The minimum Gasteiger partial charge on any atom is -0.388 e. The van der Waals surface area contributed by atoms with Gasteiger partial charge in [0, 0.05) is 0 Å². The highest BCUT2D eigenvalue weighted by atomic mass is 16.7. The summed E-state index contributed by atoms with van der Waals surface area (Å²) >= 11 is 0. The predicted octanol–water partition coefficient (Wildman–Crippen LogP) is 2.90. The Morgan fingerprint density at radius 1 is 0.806 bits per heavy atom. The summed E-state index contributed by atoms with van der Waals surface area (Å²) in [6, 6.07) is 26.9. The second kappa shape index (κ2) is 13.6. The van der Waals surface area contributed by atoms with Gasteiger partial charge in [-0.1, -0.05) is 91.0 Å². The van der Waals surface area contributed by atoms with Crippen molar-refractivity contribution < 1.29 is 34.1 Å². The highest BCUT2D eigenvalue weighted by Gasteiger charge is 2.56. The van der Waals surface area contributed by atoms with Crippen LogP contribution in [0.2, 0.25) is 0 Å². The molecule has 3 rings (SSSR count). The number of ether oxygens (including phenoxy) is 3. The highest BCUT2D eigenvalue weighted by Crippen LogP contribution is 2.24. The number of benzene rings is 3. The van der Waals surface area contributed by atoms with Gasteiger partial charge in [0.1, 0.15) is 12.2 Å². The van der Waals surface area contributed by atoms with E-state index in [0.717, 1.165) is 11.1 Å². The molecule has 0 fully saturated rings. The molecule has 0 radical (unpaired) electrons. The van der Waals surface area contributed by atoms with E-state index in [1.807, 2.05) is 36.4 Å². The van der Waals surface area contributed by atoms with E-state index in [4.69, 9.17) is 14.2 Å². The summed E-state index contributed by atoms with van der Waals surface area (Å²) in [7, 11) is 0. The fraction of sp³-hybridized carbons (Fsp3) is 0.296. The fourth-order valence-corrected chi connectivity index (χ4v) is 3.57. The fourth-order valence-electron chi connectivity index (χ4n) is 3.57. The molecule has 0 aliphatic heterocycles. The van der Waals surface area contributed by atoms with E-state index in [1.165, 1.54) is 0 Å². The highest BCUT2D eigenvalue weighted by molar-refractivity contribution is 5.60. The van der Waals surface area contributed by atoms with E-state index >= 15 is 0 Å². The van der Waals surface area contributed by atoms with Gasteiger partial charge in [0.25, 0.3) is 0 Å². The summed E-state index contributed by atoms with van der Waals surface area (Å²) in [6.45, 7) is -0.338. The number of carbonyl (C=O) groups is 1. The van der Waals surface area contributed by atoms with Crippen molar-refractivity contribution in [2.45, 2.75) is 43.9 Å². The van der Waals surface area contributed by atoms with Gasteiger partial charge in [-0.25, -0.2) is 0 Å². The van der Waals surface area contributed by atoms with E-state index in [9.17, 15) is 25.1 Å². The molecule has 3 aromatic rings. The Morgan fingerprint density at radius 3 is 1.69 bits per heavy atom. The van der Waals surface area contributed by atoms with Crippen molar-refractivity contribution in [1.29, 1.82) is 0 Å². The molecule has 0 saturated carbocycles. The second-order valence-electron chi connectivity index (χ2n) is 8.20. The van der Waals surface area contributed by atoms with E-state index in [0.29, 0.717) is 5.56 Å². The maximum absolute atomic E-state index is 11.8. The van der Waals surface area contributed by atoms with Crippen molar-refractivity contribution in [3.8, 4) is 0 Å². The Kier molecular flexibility index (Phi) is 10.2. The number of hydrogen-bond acceptors (Lipinski definition) is 8. The van der Waals surface area contributed by atoms with Crippen LogP contribution in [0.15, 0.2) is 91.0 Å². The lowest BCUT2D eigenvalue weighted by Crippen LogP contribution is -2.60. The van der Waals surface area contributed by atoms with E-state index < -0.39 is 29.0 Å². The Balaban J connectivity index is 1.84. The molecule has 4 atom stereocenters. The molecule has 2 N–H and O–H groups in total. The van der Waals surface area contributed by atoms with Gasteiger partial charge in [0.05, 0.1) is 31.4 Å². The average Bonchev–Trinajstić information content (AvgIpc) is 2.91. The molecule has 0 amide bonds. The molecule has 3 aromatic carbocycles. The van der Waals surface area contributed by atoms with Gasteiger partial charge in [-0.3, -0.25) is 14.9 Å². The van der Waals surface area contributed by atoms with E-state index in [1.54, 1.807) is 54.6 Å². The molecule has 9 heteroatoms. The zero-order valence-electron chi connectivity index (χ0n) is 19.6. The number of aldehydes is 1. The number of aliphatic hydroxyl groups excluding tert-OH is 1. The summed E-state index contributed by atoms with van der Waals surface area (Å²) in [4.78, 5) is 22.4. The molecule has 0 saturated heterocycles. The Hall–Kier alpha value is -3.47. The third kappa shape index (κ3) is 7.51. The number of carbonyl (C=O) groups excluding carboxylic acids is 1. The second-order valence-corrected chi connectivity index (χ2v) is 8.20. The summed E-state index contributed by atoms with van der Waals surface area (Å²) in [5.41, 5.74) is -0.942. The topological polar surface area (TPSA) is 128 Å². The molecule has 0 spiro atoms. The monoisotopic (exact) mass is 495 g/mol. The summed E-state index contributed by atoms with van der Waals surface area (Å²) in [5.74, 6) is 0. The molecule has 9 nitrogen and oxygen atoms in total. The lowest BCUT2D eigenvalue weighted by molar-refractivity contribution is -0.619. The maximum atomic E-state index is 11.8. The van der Waals surface area contributed by atoms with Crippen molar-refractivity contribution >= 4 is 6.29 Å². The summed E-state index contributed by atoms with van der Waals surface area (Å²) < 4.78 is 17.2. The number of aliphatic hydroxyl groups is 2. The van der Waals surface area contributed by atoms with E-state index in [-0.39, 0.29) is 32.7 Å². The van der Waals surface area contributed by atoms with Crippen LogP contribution in [-0.4, -0.2) is 52.1 Å². The van der Waals surface area contributed by atoms with Crippen molar-refractivity contribution in [3.05, 3.63) is 118 Å². The first kappa shape index (κ1) is 27.1. The average molecular weight is 496 g/mol. The quantitative estimate of drug-likeness (QED) is 0.143. The first-order valence-corrected chi connectivity index (χ1v) is 11.4. The van der Waals surface area contributed by atoms with Gasteiger partial charge in [-0.05, 0) is 16.7 Å². The summed E-state index contributed by atoms with van der Waals surface area (Å²) in [6.07, 6.45) is -5.00. The van der Waals surface area contributed by atoms with Crippen molar-refractivity contribution in [1.82, 2.24) is 0 Å². The maximum Gasteiger partial charge on any atom is 0.407 e. The predicted molar refractivity (Wildman–Crippen MR) is 130 cm³/mol. The molecule has 0 heterocycles. The molecule has 0 aliphatic rings. The third-order valence-corrected chi connectivity index (χ3v) is 5.52. The number of hydrogen-bond donors (Lipinski definition) is 2. The van der Waals surface area contributed by atoms with Crippen LogP contribution in [0.3, 0.4) is 0 Å². The molecular formula is C27H29NO8. The number of nitrogens with zero attached hydrogens (tertiary/aromatic N) is 1. The minimum absolute atomic E-state index is 0.0564. The normalized spacial score (nSPS) is 15.4. The molecule has 0 aliphatic carbocycles. The van der Waals surface area contributed by atoms with Crippen LogP contribution in [0.1, 0.15) is 16.7 Å². The van der Waals surface area contributed by atoms with E-state index in [2.05, 4.69) is 0 Å². The van der Waals surface area contributed by atoms with Crippen LogP contribution in [-0.2, 0) is 38.8 Å². The van der Waals surface area contributed by atoms with Gasteiger partial charge in [0.15, 0.2) is 6.10 Å². The van der Waals surface area contributed by atoms with Crippen LogP contribution < -0.4 is 0 Å². The third-order valence-electron chi connectivity index (χ3n) is 5.52. The zero-order valence-corrected chi connectivity index (χ0v) is 19.6. The number of rotatable bonds is 15. The van der Waals surface area contributed by atoms with Crippen molar-refractivity contribution in [2.24, 2.45) is 0 Å². The van der Waals surface area contributed by atoms with Gasteiger partial charge in [-0.15, -0.1) is 0 Å². The molecule has 0 bridgehead atoms. The molecule has 4 unspecified atom stereocenters. The Labute approximate surface area is 209 Å². The van der Waals surface area contributed by atoms with Crippen LogP contribution in [0.5, 0.6) is 0 Å². The van der Waals surface area contributed by atoms with Gasteiger partial charge >= 0.3 is 5.72 Å². The largest absolute Gasteiger partial charge is 0.407 e. The van der Waals surface area contributed by atoms with Gasteiger partial charge in [-0.2, -0.15) is 0 Å². The molecule has 36 heavy (non-hydrogen) atoms. The Morgan fingerprint density at radius 2 is 1.25 bits per heavy atom. The smallest absolute Gasteiger partial charge is 0.388 e. The lowest BCUT2D eigenvalue weighted by Gasteiger charge is -2.33. The van der Waals surface area contributed by atoms with Gasteiger partial charge in [0.2, 0.25) is 6.29 Å². The lowest BCUT2D eigenvalue weighted by atomic mass is 9.98. The van der Waals surface area contributed by atoms with Crippen LogP contribution >= 0.6 is 0 Å². The zero-order chi connectivity index (χ0) is 25.8. The first-order chi connectivity index (χ1) is 17.4. The Bertz CT molecular complexity index is 1070. The van der Waals surface area contributed by atoms with Gasteiger partial charge < -0.3 is 24.4 Å². The number of nitro groups is 1. The SMILES string of the molecule is O=CC(O)(C(OCc1ccccc1)C(OCc1ccccc1)C(O)COCc1ccccc1)[N+](=O)[O-]. The molecule has 190 valence electrons. The van der Waals surface area contributed by atoms with Crippen molar-refractivity contribution in [2.75, 3.05) is 6.61 Å². The standard InChI is InChI=1S/C27H29NO8/c29-20-27(31,28(32)33)26(36-18-23-14-8-3-9-15-23)25(35-17-22-12-6-2-7-13-22)24(30)19-34-16-21-10-4-1-5-11-21/h1-15,20,24-26,30-31H,16-19H2. The first-order valence-electron chi connectivity index (χ1n) is 11.4. The van der Waals surface area contributed by atoms with Crippen LogP contribution in [0, 0.1) is 10.1 Å². The van der Waals surface area contributed by atoms with Crippen LogP contribution in [0.4, 0.5) is 0 Å².